The normalized spacial score (nSPS) is 28.6. The van der Waals surface area contributed by atoms with E-state index in [0.717, 1.165) is 42.1 Å². The Hall–Kier alpha value is -1.70. The third-order valence-corrected chi connectivity index (χ3v) is 7.60. The Morgan fingerprint density at radius 1 is 1.16 bits per heavy atom. The van der Waals surface area contributed by atoms with Gasteiger partial charge in [-0.05, 0) is 72.5 Å². The second kappa shape index (κ2) is 10.3. The fourth-order valence-electron chi connectivity index (χ4n) is 4.42. The minimum Gasteiger partial charge on any atom is -0.373 e. The van der Waals surface area contributed by atoms with E-state index in [0.29, 0.717) is 18.9 Å². The molecule has 4 unspecified atom stereocenters. The largest absolute Gasteiger partial charge is 0.373 e. The predicted octanol–water partition coefficient (Wildman–Crippen LogP) is 3.47. The van der Waals surface area contributed by atoms with Gasteiger partial charge in [0.25, 0.3) is 5.91 Å². The molecule has 1 aliphatic heterocycles. The number of hydrogen-bond acceptors (Lipinski definition) is 4. The first-order valence-electron chi connectivity index (χ1n) is 11.3. The van der Waals surface area contributed by atoms with Crippen molar-refractivity contribution in [1.29, 1.82) is 0 Å². The molecule has 0 spiro atoms. The van der Waals surface area contributed by atoms with Crippen LogP contribution in [-0.4, -0.2) is 51.6 Å². The van der Waals surface area contributed by atoms with Gasteiger partial charge in [0.1, 0.15) is 11.0 Å². The Kier molecular flexibility index (Phi) is 7.94. The highest BCUT2D eigenvalue weighted by Crippen LogP contribution is 2.30. The molecule has 0 saturated carbocycles. The summed E-state index contributed by atoms with van der Waals surface area (Å²) in [5.74, 6) is -0.0502. The molecule has 0 aromatic rings. The molecule has 1 heterocycles. The van der Waals surface area contributed by atoms with Crippen LogP contribution in [0.4, 0.5) is 0 Å². The van der Waals surface area contributed by atoms with Gasteiger partial charge in [0.05, 0.1) is 12.2 Å². The number of amides is 1. The monoisotopic (exact) mass is 447 g/mol. The van der Waals surface area contributed by atoms with Crippen molar-refractivity contribution in [2.75, 3.05) is 13.1 Å². The van der Waals surface area contributed by atoms with Crippen LogP contribution in [0.25, 0.3) is 0 Å². The van der Waals surface area contributed by atoms with Crippen molar-refractivity contribution in [2.24, 2.45) is 0 Å². The lowest BCUT2D eigenvalue weighted by atomic mass is 9.90. The maximum Gasteiger partial charge on any atom is 0.251 e. The molecule has 0 radical (unpaired) electrons. The summed E-state index contributed by atoms with van der Waals surface area (Å²) in [4.78, 5) is 15.4. The van der Waals surface area contributed by atoms with E-state index in [4.69, 9.17) is 4.74 Å². The van der Waals surface area contributed by atoms with Gasteiger partial charge in [-0.15, -0.1) is 0 Å². The lowest BCUT2D eigenvalue weighted by molar-refractivity contribution is -0.116. The maximum atomic E-state index is 12.8. The van der Waals surface area contributed by atoms with E-state index in [1.54, 1.807) is 0 Å². The second-order valence-electron chi connectivity index (χ2n) is 9.17. The summed E-state index contributed by atoms with van der Waals surface area (Å²) in [6.45, 7) is 14.3. The van der Waals surface area contributed by atoms with E-state index in [-0.39, 0.29) is 23.4 Å². The minimum absolute atomic E-state index is 0.0502. The molecule has 0 aromatic carbocycles. The van der Waals surface area contributed by atoms with Crippen molar-refractivity contribution in [3.05, 3.63) is 46.3 Å². The second-order valence-corrected chi connectivity index (χ2v) is 10.9. The standard InChI is InChI=1S/C24H37N3O3S/c1-15(2)31(29)26-21-9-7-20(8-10-21)24(28)25-22-11-12-23(19(6)18(22)5)27-13-16(3)30-17(4)14-27/h7,9,11,15-17,23,26H,8,10,12-14H2,1-6H3,(H,25,28). The van der Waals surface area contributed by atoms with Crippen molar-refractivity contribution in [2.45, 2.75) is 84.3 Å². The average molecular weight is 448 g/mol. The first kappa shape index (κ1) is 24.0. The van der Waals surface area contributed by atoms with E-state index in [1.807, 2.05) is 26.0 Å². The third-order valence-electron chi connectivity index (χ3n) is 6.28. The average Bonchev–Trinajstić information content (AvgIpc) is 2.71. The van der Waals surface area contributed by atoms with Gasteiger partial charge in [0, 0.05) is 41.3 Å². The van der Waals surface area contributed by atoms with Gasteiger partial charge >= 0.3 is 0 Å². The van der Waals surface area contributed by atoms with Crippen molar-refractivity contribution in [3.8, 4) is 0 Å². The Morgan fingerprint density at radius 3 is 2.42 bits per heavy atom. The Balaban J connectivity index is 1.62. The number of nitrogens with one attached hydrogen (secondary N) is 2. The lowest BCUT2D eigenvalue weighted by Crippen LogP contribution is -2.51. The number of morpholine rings is 1. The van der Waals surface area contributed by atoms with Gasteiger partial charge in [-0.2, -0.15) is 0 Å². The molecule has 6 nitrogen and oxygen atoms in total. The summed E-state index contributed by atoms with van der Waals surface area (Å²) < 4.78 is 20.9. The summed E-state index contributed by atoms with van der Waals surface area (Å²) >= 11 is 0. The minimum atomic E-state index is -1.09. The SMILES string of the molecule is CC1=C(C)C(N2CC(C)OC(C)C2)CC=C1NC(=O)C1=CC=C(NS(=O)C(C)C)CC1. The number of rotatable bonds is 6. The molecular formula is C24H37N3O3S. The van der Waals surface area contributed by atoms with Gasteiger partial charge in [-0.25, -0.2) is 4.21 Å². The maximum absolute atomic E-state index is 12.8. The highest BCUT2D eigenvalue weighted by Gasteiger charge is 2.31. The molecule has 1 saturated heterocycles. The van der Waals surface area contributed by atoms with Crippen LogP contribution in [0.15, 0.2) is 46.3 Å². The first-order valence-corrected chi connectivity index (χ1v) is 12.5. The van der Waals surface area contributed by atoms with E-state index < -0.39 is 11.0 Å². The number of ether oxygens (including phenoxy) is 1. The molecule has 7 heteroatoms. The molecule has 172 valence electrons. The molecule has 0 aromatic heterocycles. The van der Waals surface area contributed by atoms with Crippen molar-refractivity contribution in [1.82, 2.24) is 14.9 Å². The molecule has 2 N–H and O–H groups in total. The van der Waals surface area contributed by atoms with E-state index >= 15 is 0 Å². The van der Waals surface area contributed by atoms with E-state index in [2.05, 4.69) is 48.7 Å². The Morgan fingerprint density at radius 2 is 1.84 bits per heavy atom. The molecule has 3 rings (SSSR count). The fourth-order valence-corrected chi connectivity index (χ4v) is 5.09. The molecule has 3 aliphatic rings. The number of carbonyl (C=O) groups excluding carboxylic acids is 1. The quantitative estimate of drug-likeness (QED) is 0.654. The molecule has 1 fully saturated rings. The first-order chi connectivity index (χ1) is 14.7. The molecule has 4 atom stereocenters. The summed E-state index contributed by atoms with van der Waals surface area (Å²) in [7, 11) is -1.09. The zero-order valence-corrected chi connectivity index (χ0v) is 20.5. The van der Waals surface area contributed by atoms with Crippen LogP contribution in [0.5, 0.6) is 0 Å². The number of carbonyl (C=O) groups is 1. The van der Waals surface area contributed by atoms with Crippen LogP contribution in [0.1, 0.15) is 60.8 Å². The molecule has 0 bridgehead atoms. The topological polar surface area (TPSA) is 70.7 Å². The van der Waals surface area contributed by atoms with Crippen LogP contribution in [0, 0.1) is 0 Å². The third kappa shape index (κ3) is 5.96. The van der Waals surface area contributed by atoms with Crippen molar-refractivity contribution < 1.29 is 13.7 Å². The molecular weight excluding hydrogens is 410 g/mol. The number of allylic oxidation sites excluding steroid dienone is 4. The summed E-state index contributed by atoms with van der Waals surface area (Å²) in [5, 5.41) is 3.18. The molecule has 2 aliphatic carbocycles. The van der Waals surface area contributed by atoms with Gasteiger partial charge in [-0.3, -0.25) is 9.69 Å². The summed E-state index contributed by atoms with van der Waals surface area (Å²) in [5.41, 5.74) is 5.06. The molecule has 1 amide bonds. The van der Waals surface area contributed by atoms with Crippen molar-refractivity contribution in [3.63, 3.8) is 0 Å². The number of hydrogen-bond donors (Lipinski definition) is 2. The number of nitrogens with zero attached hydrogens (tertiary/aromatic N) is 1. The lowest BCUT2D eigenvalue weighted by Gasteiger charge is -2.42. The zero-order chi connectivity index (χ0) is 22.7. The van der Waals surface area contributed by atoms with Crippen LogP contribution in [0.2, 0.25) is 0 Å². The highest BCUT2D eigenvalue weighted by atomic mass is 32.2. The smallest absolute Gasteiger partial charge is 0.251 e. The van der Waals surface area contributed by atoms with E-state index in [9.17, 15) is 9.00 Å². The fraction of sp³-hybridized carbons (Fsp3) is 0.625. The van der Waals surface area contributed by atoms with E-state index in [1.165, 1.54) is 5.57 Å². The van der Waals surface area contributed by atoms with Crippen molar-refractivity contribution >= 4 is 16.9 Å². The van der Waals surface area contributed by atoms with Gasteiger partial charge < -0.3 is 14.8 Å². The summed E-state index contributed by atoms with van der Waals surface area (Å²) in [6.07, 6.45) is 8.59. The molecule has 31 heavy (non-hydrogen) atoms. The van der Waals surface area contributed by atoms with Crippen LogP contribution < -0.4 is 10.0 Å². The predicted molar refractivity (Wildman–Crippen MR) is 126 cm³/mol. The van der Waals surface area contributed by atoms with Crippen LogP contribution >= 0.6 is 0 Å². The van der Waals surface area contributed by atoms with Gasteiger partial charge in [0.2, 0.25) is 0 Å². The Labute approximate surface area is 189 Å². The highest BCUT2D eigenvalue weighted by molar-refractivity contribution is 7.83. The summed E-state index contributed by atoms with van der Waals surface area (Å²) in [6, 6.07) is 0.363. The zero-order valence-electron chi connectivity index (χ0n) is 19.7. The van der Waals surface area contributed by atoms with Gasteiger partial charge in [0.15, 0.2) is 0 Å². The van der Waals surface area contributed by atoms with Crippen LogP contribution in [0.3, 0.4) is 0 Å². The van der Waals surface area contributed by atoms with Gasteiger partial charge in [-0.1, -0.05) is 17.7 Å². The van der Waals surface area contributed by atoms with Crippen LogP contribution in [-0.2, 0) is 20.5 Å². The Bertz CT molecular complexity index is 846.